The van der Waals surface area contributed by atoms with Crippen LogP contribution in [0.1, 0.15) is 58.0 Å². The van der Waals surface area contributed by atoms with E-state index in [-0.39, 0.29) is 5.91 Å². The molecule has 6 nitrogen and oxygen atoms in total. The SMILES string of the molecule is O=C(NCc1n[nH]c2c1CCCCC2)c1ccc2oc(CCc3ccccc3)nc2c1. The van der Waals surface area contributed by atoms with Crippen LogP contribution in [0.3, 0.4) is 0 Å². The van der Waals surface area contributed by atoms with Gasteiger partial charge in [-0.3, -0.25) is 9.89 Å². The van der Waals surface area contributed by atoms with Crippen molar-refractivity contribution >= 4 is 17.0 Å². The van der Waals surface area contributed by atoms with Gasteiger partial charge in [0.15, 0.2) is 11.5 Å². The molecule has 0 spiro atoms. The minimum Gasteiger partial charge on any atom is -0.441 e. The summed E-state index contributed by atoms with van der Waals surface area (Å²) in [7, 11) is 0. The summed E-state index contributed by atoms with van der Waals surface area (Å²) in [5, 5.41) is 10.6. The number of oxazole rings is 1. The third-order valence-electron chi connectivity index (χ3n) is 5.97. The van der Waals surface area contributed by atoms with E-state index in [0.717, 1.165) is 31.4 Å². The lowest BCUT2D eigenvalue weighted by Crippen LogP contribution is -2.23. The molecule has 1 aliphatic rings. The largest absolute Gasteiger partial charge is 0.441 e. The van der Waals surface area contributed by atoms with Crippen molar-refractivity contribution in [3.05, 3.63) is 82.5 Å². The number of nitrogens with one attached hydrogen (secondary N) is 2. The fourth-order valence-corrected chi connectivity index (χ4v) is 4.26. The van der Waals surface area contributed by atoms with Gasteiger partial charge in [-0.2, -0.15) is 5.10 Å². The Bertz CT molecular complexity index is 1190. The quantitative estimate of drug-likeness (QED) is 0.454. The minimum atomic E-state index is -0.124. The maximum atomic E-state index is 12.7. The highest BCUT2D eigenvalue weighted by atomic mass is 16.3. The van der Waals surface area contributed by atoms with Gasteiger partial charge in [-0.1, -0.05) is 36.8 Å². The van der Waals surface area contributed by atoms with E-state index in [2.05, 4.69) is 32.6 Å². The fourth-order valence-electron chi connectivity index (χ4n) is 4.26. The first kappa shape index (κ1) is 19.5. The van der Waals surface area contributed by atoms with E-state index in [1.165, 1.54) is 36.1 Å². The number of benzene rings is 2. The molecule has 158 valence electrons. The Hall–Kier alpha value is -3.41. The number of aromatic amines is 1. The van der Waals surface area contributed by atoms with Gasteiger partial charge in [0.25, 0.3) is 5.91 Å². The highest BCUT2D eigenvalue weighted by molar-refractivity contribution is 5.97. The molecule has 4 aromatic rings. The van der Waals surface area contributed by atoms with Crippen LogP contribution in [0.15, 0.2) is 52.9 Å². The number of nitrogens with zero attached hydrogens (tertiary/aromatic N) is 2. The molecule has 6 heteroatoms. The normalized spacial score (nSPS) is 13.7. The molecule has 0 unspecified atom stereocenters. The van der Waals surface area contributed by atoms with Crippen molar-refractivity contribution in [2.75, 3.05) is 0 Å². The molecule has 31 heavy (non-hydrogen) atoms. The summed E-state index contributed by atoms with van der Waals surface area (Å²) in [5.41, 5.74) is 6.72. The topological polar surface area (TPSA) is 83.8 Å². The maximum Gasteiger partial charge on any atom is 0.251 e. The molecule has 0 radical (unpaired) electrons. The highest BCUT2D eigenvalue weighted by Gasteiger charge is 2.17. The second-order valence-electron chi connectivity index (χ2n) is 8.15. The van der Waals surface area contributed by atoms with Gasteiger partial charge in [0.2, 0.25) is 0 Å². The van der Waals surface area contributed by atoms with E-state index in [1.807, 2.05) is 24.3 Å². The van der Waals surface area contributed by atoms with E-state index >= 15 is 0 Å². The first-order valence-corrected chi connectivity index (χ1v) is 11.0. The number of carbonyl (C=O) groups excluding carboxylic acids is 1. The molecule has 2 heterocycles. The second-order valence-corrected chi connectivity index (χ2v) is 8.15. The molecule has 5 rings (SSSR count). The Morgan fingerprint density at radius 1 is 1.03 bits per heavy atom. The Balaban J connectivity index is 1.24. The van der Waals surface area contributed by atoms with E-state index in [4.69, 9.17) is 4.42 Å². The summed E-state index contributed by atoms with van der Waals surface area (Å²) in [4.78, 5) is 17.3. The number of rotatable bonds is 6. The van der Waals surface area contributed by atoms with Crippen LogP contribution in [0.5, 0.6) is 0 Å². The molecule has 0 fully saturated rings. The Morgan fingerprint density at radius 3 is 2.81 bits per heavy atom. The van der Waals surface area contributed by atoms with Crippen molar-refractivity contribution in [1.29, 1.82) is 0 Å². The van der Waals surface area contributed by atoms with Crippen LogP contribution < -0.4 is 5.32 Å². The first-order valence-electron chi connectivity index (χ1n) is 11.0. The zero-order chi connectivity index (χ0) is 21.0. The Kier molecular flexibility index (Phi) is 5.52. The molecular formula is C25H26N4O2. The molecule has 1 aliphatic carbocycles. The predicted molar refractivity (Wildman–Crippen MR) is 119 cm³/mol. The lowest BCUT2D eigenvalue weighted by Gasteiger charge is -2.05. The molecule has 2 N–H and O–H groups in total. The molecule has 0 atom stereocenters. The zero-order valence-electron chi connectivity index (χ0n) is 17.5. The van der Waals surface area contributed by atoms with Crippen molar-refractivity contribution in [3.8, 4) is 0 Å². The number of hydrogen-bond donors (Lipinski definition) is 2. The van der Waals surface area contributed by atoms with Crippen LogP contribution in [0.25, 0.3) is 11.1 Å². The number of amides is 1. The van der Waals surface area contributed by atoms with Crippen molar-refractivity contribution < 1.29 is 9.21 Å². The fraction of sp³-hybridized carbons (Fsp3) is 0.320. The monoisotopic (exact) mass is 414 g/mol. The first-order chi connectivity index (χ1) is 15.3. The molecule has 0 bridgehead atoms. The highest BCUT2D eigenvalue weighted by Crippen LogP contribution is 2.22. The Labute approximate surface area is 181 Å². The smallest absolute Gasteiger partial charge is 0.251 e. The number of carbonyl (C=O) groups is 1. The average molecular weight is 415 g/mol. The van der Waals surface area contributed by atoms with Gasteiger partial charge >= 0.3 is 0 Å². The molecule has 1 amide bonds. The summed E-state index contributed by atoms with van der Waals surface area (Å²) in [6, 6.07) is 15.7. The summed E-state index contributed by atoms with van der Waals surface area (Å²) >= 11 is 0. The maximum absolute atomic E-state index is 12.7. The summed E-state index contributed by atoms with van der Waals surface area (Å²) in [6.07, 6.45) is 7.31. The third-order valence-corrected chi connectivity index (χ3v) is 5.97. The van der Waals surface area contributed by atoms with E-state index in [1.54, 1.807) is 12.1 Å². The summed E-state index contributed by atoms with van der Waals surface area (Å²) in [6.45, 7) is 0.434. The number of aromatic nitrogens is 3. The number of H-pyrrole nitrogens is 1. The van der Waals surface area contributed by atoms with E-state index < -0.39 is 0 Å². The number of hydrogen-bond acceptors (Lipinski definition) is 4. The van der Waals surface area contributed by atoms with Crippen LogP contribution in [0.2, 0.25) is 0 Å². The van der Waals surface area contributed by atoms with Gasteiger partial charge in [0, 0.05) is 17.7 Å². The van der Waals surface area contributed by atoms with Gasteiger partial charge in [-0.25, -0.2) is 4.98 Å². The molecule has 2 aromatic heterocycles. The van der Waals surface area contributed by atoms with Crippen molar-refractivity contribution in [3.63, 3.8) is 0 Å². The standard InChI is InChI=1S/C25H26N4O2/c30-25(26-16-22-19-9-5-2-6-10-20(19)28-29-22)18-12-13-23-21(15-18)27-24(31-23)14-11-17-7-3-1-4-8-17/h1,3-4,7-8,12-13,15H,2,5-6,9-11,14,16H2,(H,26,30)(H,28,29). The van der Waals surface area contributed by atoms with Crippen molar-refractivity contribution in [2.45, 2.75) is 51.5 Å². The van der Waals surface area contributed by atoms with Crippen LogP contribution in [-0.4, -0.2) is 21.1 Å². The van der Waals surface area contributed by atoms with Crippen LogP contribution in [-0.2, 0) is 32.2 Å². The van der Waals surface area contributed by atoms with Gasteiger partial charge < -0.3 is 9.73 Å². The molecule has 0 saturated carbocycles. The Morgan fingerprint density at radius 2 is 1.90 bits per heavy atom. The van der Waals surface area contributed by atoms with Gasteiger partial charge in [0.1, 0.15) is 5.52 Å². The summed E-state index contributed by atoms with van der Waals surface area (Å²) < 4.78 is 5.86. The third kappa shape index (κ3) is 4.38. The molecule has 2 aromatic carbocycles. The minimum absolute atomic E-state index is 0.124. The summed E-state index contributed by atoms with van der Waals surface area (Å²) in [5.74, 6) is 0.566. The van der Waals surface area contributed by atoms with Crippen molar-refractivity contribution in [2.24, 2.45) is 0 Å². The number of aryl methyl sites for hydroxylation is 3. The van der Waals surface area contributed by atoms with Gasteiger partial charge in [0.05, 0.1) is 12.2 Å². The average Bonchev–Trinajstić information content (AvgIpc) is 3.31. The van der Waals surface area contributed by atoms with Crippen LogP contribution in [0.4, 0.5) is 0 Å². The van der Waals surface area contributed by atoms with E-state index in [0.29, 0.717) is 29.1 Å². The molecule has 0 aliphatic heterocycles. The predicted octanol–water partition coefficient (Wildman–Crippen LogP) is 4.54. The second kappa shape index (κ2) is 8.76. The van der Waals surface area contributed by atoms with Gasteiger partial charge in [-0.15, -0.1) is 0 Å². The zero-order valence-corrected chi connectivity index (χ0v) is 17.5. The van der Waals surface area contributed by atoms with Crippen LogP contribution in [0, 0.1) is 0 Å². The van der Waals surface area contributed by atoms with E-state index in [9.17, 15) is 4.79 Å². The number of fused-ring (bicyclic) bond motifs is 2. The van der Waals surface area contributed by atoms with Crippen molar-refractivity contribution in [1.82, 2.24) is 20.5 Å². The van der Waals surface area contributed by atoms with Gasteiger partial charge in [-0.05, 0) is 61.4 Å². The van der Waals surface area contributed by atoms with Crippen LogP contribution >= 0.6 is 0 Å². The lowest BCUT2D eigenvalue weighted by molar-refractivity contribution is 0.0950. The molecule has 0 saturated heterocycles. The molecular weight excluding hydrogens is 388 g/mol. The lowest BCUT2D eigenvalue weighted by atomic mass is 10.1.